The fourth-order valence-corrected chi connectivity index (χ4v) is 3.81. The van der Waals surface area contributed by atoms with Gasteiger partial charge in [-0.1, -0.05) is 50.9 Å². The van der Waals surface area contributed by atoms with Crippen molar-refractivity contribution in [2.75, 3.05) is 13.7 Å². The molecule has 1 amide bonds. The molecule has 0 fully saturated rings. The Morgan fingerprint density at radius 2 is 1.71 bits per heavy atom. The molecule has 2 aromatic rings. The van der Waals surface area contributed by atoms with Crippen LogP contribution >= 0.6 is 23.2 Å². The minimum absolute atomic E-state index is 0.0507. The average Bonchev–Trinajstić information content (AvgIpc) is 3.28. The molecule has 0 radical (unpaired) electrons. The van der Waals surface area contributed by atoms with Gasteiger partial charge < -0.3 is 18.6 Å². The molecule has 0 N–H and O–H groups in total. The van der Waals surface area contributed by atoms with Crippen molar-refractivity contribution in [1.29, 1.82) is 0 Å². The molecule has 1 aromatic heterocycles. The first-order valence-electron chi connectivity index (χ1n) is 10.1. The number of aromatic nitrogens is 1. The van der Waals surface area contributed by atoms with Crippen LogP contribution in [0.25, 0.3) is 10.9 Å². The number of methoxy groups -OCH3 is 1. The van der Waals surface area contributed by atoms with E-state index in [4.69, 9.17) is 27.9 Å². The minimum Gasteiger partial charge on any atom is -0.495 e. The number of fused-ring (bicyclic) bond motifs is 3. The summed E-state index contributed by atoms with van der Waals surface area (Å²) in [4.78, 5) is 27.5. The highest BCUT2D eigenvalue weighted by Gasteiger charge is 2.49. The monoisotopic (exact) mass is 562 g/mol. The zero-order valence-corrected chi connectivity index (χ0v) is 21.7. The standard InChI is InChI=1S/C16H11Cl2F3N2O7S.2C2H6/c1-28-10-2-7-8-3-23(11(25)5-29-6-24)4-9(8)15(22-14(7)13(18)12(10)17)30-31(26,27)16(19,20)21;2*1-2/h2,6H,3-5H2,1H3;2*1-2H3. The maximum Gasteiger partial charge on any atom is 0.534 e. The lowest BCUT2D eigenvalue weighted by molar-refractivity contribution is -0.143. The fraction of sp³-hybridized carbons (Fsp3) is 0.450. The molecule has 0 bridgehead atoms. The summed E-state index contributed by atoms with van der Waals surface area (Å²) < 4.78 is 75.5. The molecule has 0 spiro atoms. The van der Waals surface area contributed by atoms with Gasteiger partial charge in [0, 0.05) is 17.5 Å². The lowest BCUT2D eigenvalue weighted by Crippen LogP contribution is -2.30. The Morgan fingerprint density at radius 1 is 1.14 bits per heavy atom. The average molecular weight is 563 g/mol. The number of nitrogens with zero attached hydrogens (tertiary/aromatic N) is 2. The lowest BCUT2D eigenvalue weighted by Gasteiger charge is -2.15. The number of rotatable bonds is 6. The van der Waals surface area contributed by atoms with E-state index in [1.54, 1.807) is 0 Å². The number of carbonyl (C=O) groups is 2. The van der Waals surface area contributed by atoms with Gasteiger partial charge in [-0.3, -0.25) is 9.59 Å². The van der Waals surface area contributed by atoms with Crippen molar-refractivity contribution in [3.8, 4) is 11.6 Å². The number of hydrogen-bond donors (Lipinski definition) is 0. The van der Waals surface area contributed by atoms with Crippen LogP contribution < -0.4 is 8.92 Å². The van der Waals surface area contributed by atoms with Crippen molar-refractivity contribution >= 4 is 56.6 Å². The second-order valence-corrected chi connectivity index (χ2v) is 8.41. The summed E-state index contributed by atoms with van der Waals surface area (Å²) in [7, 11) is -4.76. The summed E-state index contributed by atoms with van der Waals surface area (Å²) in [5.41, 5.74) is -5.75. The third-order valence-electron chi connectivity index (χ3n) is 4.33. The van der Waals surface area contributed by atoms with E-state index in [2.05, 4.69) is 13.9 Å². The predicted molar refractivity (Wildman–Crippen MR) is 123 cm³/mol. The molecule has 2 heterocycles. The number of hydrogen-bond acceptors (Lipinski definition) is 8. The SMILES string of the molecule is CC.CC.COc1cc2c3c(c(OS(=O)(=O)C(F)(F)F)nc2c(Cl)c1Cl)CN(C(=O)COC=O)C3. The normalized spacial score (nSPS) is 12.6. The first kappa shape index (κ1) is 30.5. The molecule has 15 heteroatoms. The van der Waals surface area contributed by atoms with Crippen LogP contribution in [0.1, 0.15) is 38.8 Å². The molecule has 35 heavy (non-hydrogen) atoms. The second kappa shape index (κ2) is 12.5. The van der Waals surface area contributed by atoms with Crippen LogP contribution in [0.2, 0.25) is 10.0 Å². The summed E-state index contributed by atoms with van der Waals surface area (Å²) >= 11 is 12.2. The third-order valence-corrected chi connectivity index (χ3v) is 6.11. The molecular weight excluding hydrogens is 540 g/mol. The number of halogens is 5. The van der Waals surface area contributed by atoms with Crippen molar-refractivity contribution in [2.45, 2.75) is 46.3 Å². The van der Waals surface area contributed by atoms with E-state index in [9.17, 15) is 31.2 Å². The van der Waals surface area contributed by atoms with E-state index in [0.29, 0.717) is 0 Å². The van der Waals surface area contributed by atoms with Crippen LogP contribution in [0.15, 0.2) is 6.07 Å². The van der Waals surface area contributed by atoms with Gasteiger partial charge >= 0.3 is 15.6 Å². The van der Waals surface area contributed by atoms with Gasteiger partial charge in [-0.25, -0.2) is 4.98 Å². The van der Waals surface area contributed by atoms with E-state index in [0.717, 1.165) is 4.90 Å². The fourth-order valence-electron chi connectivity index (χ4n) is 2.92. The number of amides is 1. The Labute approximate surface area is 210 Å². The lowest BCUT2D eigenvalue weighted by atomic mass is 10.1. The van der Waals surface area contributed by atoms with Gasteiger partial charge in [-0.05, 0) is 11.6 Å². The molecule has 3 rings (SSSR count). The van der Waals surface area contributed by atoms with Crippen molar-refractivity contribution in [3.05, 3.63) is 27.2 Å². The van der Waals surface area contributed by atoms with Gasteiger partial charge in [-0.15, -0.1) is 0 Å². The predicted octanol–water partition coefficient (Wildman–Crippen LogP) is 4.85. The summed E-state index contributed by atoms with van der Waals surface area (Å²) in [5, 5.41) is -0.0780. The number of benzene rings is 1. The zero-order valence-electron chi connectivity index (χ0n) is 19.3. The maximum absolute atomic E-state index is 12.9. The van der Waals surface area contributed by atoms with E-state index >= 15 is 0 Å². The Morgan fingerprint density at radius 3 is 2.23 bits per heavy atom. The number of pyridine rings is 1. The van der Waals surface area contributed by atoms with Crippen LogP contribution in [0, 0.1) is 0 Å². The van der Waals surface area contributed by atoms with Gasteiger partial charge in [-0.2, -0.15) is 21.6 Å². The highest BCUT2D eigenvalue weighted by molar-refractivity contribution is 7.88. The molecule has 1 aliphatic heterocycles. The summed E-state index contributed by atoms with van der Waals surface area (Å²) in [6.07, 6.45) is 0. The van der Waals surface area contributed by atoms with E-state index in [1.807, 2.05) is 27.7 Å². The van der Waals surface area contributed by atoms with Gasteiger partial charge in [0.05, 0.1) is 24.2 Å². The molecule has 9 nitrogen and oxygen atoms in total. The molecule has 1 aromatic carbocycles. The first-order valence-corrected chi connectivity index (χ1v) is 12.3. The quantitative estimate of drug-likeness (QED) is 0.279. The molecular formula is C20H23Cl2F3N2O7S. The largest absolute Gasteiger partial charge is 0.534 e. The Hall–Kier alpha value is -2.51. The van der Waals surface area contributed by atoms with Crippen molar-refractivity contribution in [2.24, 2.45) is 0 Å². The van der Waals surface area contributed by atoms with Gasteiger partial charge in [0.15, 0.2) is 6.61 Å². The van der Waals surface area contributed by atoms with Gasteiger partial charge in [0.2, 0.25) is 5.88 Å². The van der Waals surface area contributed by atoms with Crippen molar-refractivity contribution in [3.63, 3.8) is 0 Å². The highest BCUT2D eigenvalue weighted by atomic mass is 35.5. The smallest absolute Gasteiger partial charge is 0.495 e. The minimum atomic E-state index is -6.07. The number of carbonyl (C=O) groups excluding carboxylic acids is 2. The summed E-state index contributed by atoms with van der Waals surface area (Å²) in [6.45, 7) is 6.88. The van der Waals surface area contributed by atoms with Crippen molar-refractivity contribution in [1.82, 2.24) is 9.88 Å². The molecule has 196 valence electrons. The van der Waals surface area contributed by atoms with Gasteiger partial charge in [0.1, 0.15) is 10.8 Å². The zero-order chi connectivity index (χ0) is 27.1. The molecule has 0 saturated carbocycles. The van der Waals surface area contributed by atoms with Crippen molar-refractivity contribution < 1.29 is 44.8 Å². The molecule has 1 aliphatic rings. The van der Waals surface area contributed by atoms with E-state index < -0.39 is 34.0 Å². The van der Waals surface area contributed by atoms with E-state index in [1.165, 1.54) is 13.2 Å². The third kappa shape index (κ3) is 6.39. The molecule has 0 aliphatic carbocycles. The van der Waals surface area contributed by atoms with Crippen LogP contribution in [0.5, 0.6) is 11.6 Å². The summed E-state index contributed by atoms with van der Waals surface area (Å²) in [5.74, 6) is -1.48. The number of ether oxygens (including phenoxy) is 2. The molecule has 0 saturated heterocycles. The van der Waals surface area contributed by atoms with Crippen LogP contribution in [0.3, 0.4) is 0 Å². The van der Waals surface area contributed by atoms with Crippen LogP contribution in [-0.4, -0.2) is 49.9 Å². The Bertz CT molecular complexity index is 1190. The second-order valence-electron chi connectivity index (χ2n) is 6.12. The summed E-state index contributed by atoms with van der Waals surface area (Å²) in [6, 6.07) is 1.40. The Kier molecular flexibility index (Phi) is 10.9. The highest BCUT2D eigenvalue weighted by Crippen LogP contribution is 2.44. The van der Waals surface area contributed by atoms with E-state index in [-0.39, 0.29) is 57.4 Å². The molecule has 0 unspecified atom stereocenters. The first-order chi connectivity index (χ1) is 16.4. The Balaban J connectivity index is 0.00000145. The maximum atomic E-state index is 12.9. The topological polar surface area (TPSA) is 112 Å². The van der Waals surface area contributed by atoms with Crippen LogP contribution in [0.4, 0.5) is 13.2 Å². The number of alkyl halides is 3. The van der Waals surface area contributed by atoms with Gasteiger partial charge in [0.25, 0.3) is 12.4 Å². The molecule has 0 atom stereocenters. The van der Waals surface area contributed by atoms with Crippen LogP contribution in [-0.2, 0) is 37.5 Å².